The summed E-state index contributed by atoms with van der Waals surface area (Å²) in [4.78, 5) is 21.5. The molecule has 0 aromatic rings. The lowest BCUT2D eigenvalue weighted by atomic mass is 10.1. The SMILES string of the molecule is COC(=O)C(=O)NCC1(C)CC1. The summed E-state index contributed by atoms with van der Waals surface area (Å²) in [6, 6.07) is 0. The van der Waals surface area contributed by atoms with Gasteiger partial charge in [0.15, 0.2) is 0 Å². The first kappa shape index (κ1) is 9.03. The lowest BCUT2D eigenvalue weighted by molar-refractivity contribution is -0.152. The van der Waals surface area contributed by atoms with Gasteiger partial charge >= 0.3 is 11.9 Å². The number of esters is 1. The molecular formula is C8H13NO3. The van der Waals surface area contributed by atoms with E-state index in [9.17, 15) is 9.59 Å². The molecule has 4 heteroatoms. The Kier molecular flexibility index (Phi) is 2.35. The van der Waals surface area contributed by atoms with Crippen molar-refractivity contribution < 1.29 is 14.3 Å². The second kappa shape index (κ2) is 3.13. The van der Waals surface area contributed by atoms with Gasteiger partial charge in [-0.15, -0.1) is 0 Å². The van der Waals surface area contributed by atoms with Gasteiger partial charge in [-0.25, -0.2) is 4.79 Å². The van der Waals surface area contributed by atoms with E-state index >= 15 is 0 Å². The summed E-state index contributed by atoms with van der Waals surface area (Å²) in [5, 5.41) is 2.52. The van der Waals surface area contributed by atoms with E-state index in [2.05, 4.69) is 17.0 Å². The molecule has 68 valence electrons. The van der Waals surface area contributed by atoms with Gasteiger partial charge in [0, 0.05) is 6.54 Å². The van der Waals surface area contributed by atoms with Crippen LogP contribution in [0.3, 0.4) is 0 Å². The minimum atomic E-state index is -0.820. The lowest BCUT2D eigenvalue weighted by Crippen LogP contribution is -2.35. The highest BCUT2D eigenvalue weighted by molar-refractivity contribution is 6.32. The number of amides is 1. The van der Waals surface area contributed by atoms with Crippen LogP contribution in [0.5, 0.6) is 0 Å². The summed E-state index contributed by atoms with van der Waals surface area (Å²) in [6.45, 7) is 2.64. The summed E-state index contributed by atoms with van der Waals surface area (Å²) in [5.74, 6) is -1.47. The van der Waals surface area contributed by atoms with Crippen LogP contribution in [0.25, 0.3) is 0 Å². The zero-order valence-electron chi connectivity index (χ0n) is 7.35. The molecule has 0 aromatic carbocycles. The largest absolute Gasteiger partial charge is 0.462 e. The van der Waals surface area contributed by atoms with Crippen LogP contribution >= 0.6 is 0 Å². The average Bonchev–Trinajstić information content (AvgIpc) is 2.79. The highest BCUT2D eigenvalue weighted by Crippen LogP contribution is 2.43. The van der Waals surface area contributed by atoms with Gasteiger partial charge in [0.2, 0.25) is 0 Å². The van der Waals surface area contributed by atoms with E-state index in [-0.39, 0.29) is 5.41 Å². The molecule has 1 aliphatic rings. The highest BCUT2D eigenvalue weighted by Gasteiger charge is 2.37. The van der Waals surface area contributed by atoms with Crippen molar-refractivity contribution in [2.24, 2.45) is 5.41 Å². The third kappa shape index (κ3) is 2.22. The molecule has 4 nitrogen and oxygen atoms in total. The van der Waals surface area contributed by atoms with Crippen molar-refractivity contribution >= 4 is 11.9 Å². The quantitative estimate of drug-likeness (QED) is 0.472. The minimum Gasteiger partial charge on any atom is -0.462 e. The lowest BCUT2D eigenvalue weighted by Gasteiger charge is -2.07. The van der Waals surface area contributed by atoms with E-state index in [1.54, 1.807) is 0 Å². The molecule has 1 N–H and O–H groups in total. The zero-order chi connectivity index (χ0) is 9.19. The van der Waals surface area contributed by atoms with Crippen LogP contribution in [0.2, 0.25) is 0 Å². The van der Waals surface area contributed by atoms with Gasteiger partial charge in [-0.2, -0.15) is 0 Å². The molecular weight excluding hydrogens is 158 g/mol. The van der Waals surface area contributed by atoms with Crippen LogP contribution < -0.4 is 5.32 Å². The van der Waals surface area contributed by atoms with Crippen molar-refractivity contribution in [1.82, 2.24) is 5.32 Å². The first-order valence-electron chi connectivity index (χ1n) is 3.93. The fourth-order valence-electron chi connectivity index (χ4n) is 0.849. The Morgan fingerprint density at radius 1 is 1.50 bits per heavy atom. The first-order valence-corrected chi connectivity index (χ1v) is 3.93. The second-order valence-electron chi connectivity index (χ2n) is 3.48. The molecule has 1 aliphatic carbocycles. The van der Waals surface area contributed by atoms with E-state index in [0.717, 1.165) is 12.8 Å². The molecule has 1 fully saturated rings. The number of rotatable bonds is 2. The molecule has 0 aliphatic heterocycles. The van der Waals surface area contributed by atoms with Gasteiger partial charge < -0.3 is 10.1 Å². The standard InChI is InChI=1S/C8H13NO3/c1-8(3-4-8)5-9-6(10)7(11)12-2/h3-5H2,1-2H3,(H,9,10). The van der Waals surface area contributed by atoms with Crippen molar-refractivity contribution in [2.45, 2.75) is 19.8 Å². The van der Waals surface area contributed by atoms with Crippen LogP contribution in [0.4, 0.5) is 0 Å². The van der Waals surface area contributed by atoms with Gasteiger partial charge in [-0.1, -0.05) is 6.92 Å². The van der Waals surface area contributed by atoms with Crippen molar-refractivity contribution in [1.29, 1.82) is 0 Å². The smallest absolute Gasteiger partial charge is 0.396 e. The number of nitrogens with one attached hydrogen (secondary N) is 1. The maximum Gasteiger partial charge on any atom is 0.396 e. The fraction of sp³-hybridized carbons (Fsp3) is 0.750. The second-order valence-corrected chi connectivity index (χ2v) is 3.48. The molecule has 0 heterocycles. The zero-order valence-corrected chi connectivity index (χ0v) is 7.35. The molecule has 0 radical (unpaired) electrons. The van der Waals surface area contributed by atoms with Crippen LogP contribution in [-0.2, 0) is 14.3 Å². The number of hydrogen-bond donors (Lipinski definition) is 1. The maximum absolute atomic E-state index is 10.9. The van der Waals surface area contributed by atoms with Crippen molar-refractivity contribution in [3.05, 3.63) is 0 Å². The van der Waals surface area contributed by atoms with Crippen molar-refractivity contribution in [2.75, 3.05) is 13.7 Å². The topological polar surface area (TPSA) is 55.4 Å². The van der Waals surface area contributed by atoms with Gasteiger partial charge in [-0.3, -0.25) is 4.79 Å². The third-order valence-electron chi connectivity index (χ3n) is 2.15. The fourth-order valence-corrected chi connectivity index (χ4v) is 0.849. The highest BCUT2D eigenvalue weighted by atomic mass is 16.5. The van der Waals surface area contributed by atoms with E-state index in [4.69, 9.17) is 0 Å². The predicted octanol–water partition coefficient (Wildman–Crippen LogP) is 0.0757. The Balaban J connectivity index is 2.22. The molecule has 0 saturated heterocycles. The van der Waals surface area contributed by atoms with Crippen LogP contribution in [-0.4, -0.2) is 25.5 Å². The minimum absolute atomic E-state index is 0.226. The maximum atomic E-state index is 10.9. The number of hydrogen-bond acceptors (Lipinski definition) is 3. The number of carbonyl (C=O) groups excluding carboxylic acids is 2. The molecule has 12 heavy (non-hydrogen) atoms. The first-order chi connectivity index (χ1) is 5.57. The summed E-state index contributed by atoms with van der Waals surface area (Å²) in [6.07, 6.45) is 2.24. The van der Waals surface area contributed by atoms with Gasteiger partial charge in [0.1, 0.15) is 0 Å². The average molecular weight is 171 g/mol. The van der Waals surface area contributed by atoms with E-state index in [1.165, 1.54) is 7.11 Å². The summed E-state index contributed by atoms with van der Waals surface area (Å²) < 4.78 is 4.25. The van der Waals surface area contributed by atoms with Crippen LogP contribution in [0, 0.1) is 5.41 Å². The molecule has 1 rings (SSSR count). The van der Waals surface area contributed by atoms with Gasteiger partial charge in [0.25, 0.3) is 0 Å². The van der Waals surface area contributed by atoms with E-state index in [1.807, 2.05) is 0 Å². The number of methoxy groups -OCH3 is 1. The Hall–Kier alpha value is -1.06. The normalized spacial score (nSPS) is 18.2. The Morgan fingerprint density at radius 2 is 2.08 bits per heavy atom. The van der Waals surface area contributed by atoms with Crippen molar-refractivity contribution in [3.8, 4) is 0 Å². The van der Waals surface area contributed by atoms with Crippen molar-refractivity contribution in [3.63, 3.8) is 0 Å². The Labute approximate surface area is 71.3 Å². The molecule has 0 aromatic heterocycles. The molecule has 0 spiro atoms. The number of carbonyl (C=O) groups is 2. The third-order valence-corrected chi connectivity index (χ3v) is 2.15. The Morgan fingerprint density at radius 3 is 2.50 bits per heavy atom. The molecule has 0 unspecified atom stereocenters. The molecule has 1 amide bonds. The molecule has 0 bridgehead atoms. The summed E-state index contributed by atoms with van der Waals surface area (Å²) >= 11 is 0. The monoisotopic (exact) mass is 171 g/mol. The van der Waals surface area contributed by atoms with Crippen LogP contribution in [0.1, 0.15) is 19.8 Å². The predicted molar refractivity (Wildman–Crippen MR) is 42.4 cm³/mol. The van der Waals surface area contributed by atoms with Gasteiger partial charge in [0.05, 0.1) is 7.11 Å². The Bertz CT molecular complexity index is 208. The summed E-state index contributed by atoms with van der Waals surface area (Å²) in [5.41, 5.74) is 0.226. The molecule has 0 atom stereocenters. The van der Waals surface area contributed by atoms with Gasteiger partial charge in [-0.05, 0) is 18.3 Å². The summed E-state index contributed by atoms with van der Waals surface area (Å²) in [7, 11) is 1.20. The van der Waals surface area contributed by atoms with Crippen LogP contribution in [0.15, 0.2) is 0 Å². The number of ether oxygens (including phenoxy) is 1. The van der Waals surface area contributed by atoms with E-state index in [0.29, 0.717) is 6.54 Å². The van der Waals surface area contributed by atoms with E-state index < -0.39 is 11.9 Å². The molecule has 1 saturated carbocycles.